The monoisotopic (exact) mass is 433 g/mol. The number of halogens is 3. The first-order chi connectivity index (χ1) is 14.5. The molecular formula is C22H23BF3NO4. The lowest BCUT2D eigenvalue weighted by atomic mass is 9.66. The van der Waals surface area contributed by atoms with Crippen LogP contribution in [-0.2, 0) is 17.4 Å². The Morgan fingerprint density at radius 3 is 2.26 bits per heavy atom. The third-order valence-electron chi connectivity index (χ3n) is 5.60. The summed E-state index contributed by atoms with van der Waals surface area (Å²) in [6.07, 6.45) is -4.08. The maximum absolute atomic E-state index is 13.2. The number of ketones is 1. The van der Waals surface area contributed by atoms with Gasteiger partial charge >= 0.3 is 13.3 Å². The Kier molecular flexibility index (Phi) is 6.57. The van der Waals surface area contributed by atoms with Gasteiger partial charge in [0, 0.05) is 12.2 Å². The molecule has 2 aromatic rings. The summed E-state index contributed by atoms with van der Waals surface area (Å²) in [6.45, 7) is 1.92. The van der Waals surface area contributed by atoms with Crippen molar-refractivity contribution in [2.45, 2.75) is 50.1 Å². The largest absolute Gasteiger partial charge is 0.455 e. The predicted molar refractivity (Wildman–Crippen MR) is 109 cm³/mol. The second-order valence-corrected chi connectivity index (χ2v) is 8.07. The van der Waals surface area contributed by atoms with Crippen molar-refractivity contribution in [2.75, 3.05) is 0 Å². The fraction of sp³-hybridized carbons (Fsp3) is 0.364. The van der Waals surface area contributed by atoms with E-state index in [1.807, 2.05) is 31.2 Å². The van der Waals surface area contributed by atoms with Gasteiger partial charge in [0.1, 0.15) is 0 Å². The maximum atomic E-state index is 13.2. The number of benzene rings is 2. The van der Waals surface area contributed by atoms with E-state index in [0.717, 1.165) is 23.3 Å². The summed E-state index contributed by atoms with van der Waals surface area (Å²) in [6, 6.07) is 11.8. The van der Waals surface area contributed by atoms with Crippen molar-refractivity contribution >= 4 is 18.8 Å². The molecule has 0 unspecified atom stereocenters. The smallest absolute Gasteiger partial charge is 0.427 e. The number of aryl methyl sites for hydroxylation is 1. The van der Waals surface area contributed by atoms with Crippen molar-refractivity contribution in [3.05, 3.63) is 70.8 Å². The van der Waals surface area contributed by atoms with E-state index in [2.05, 4.69) is 5.32 Å². The number of carbonyl (C=O) groups is 2. The first-order valence-corrected chi connectivity index (χ1v) is 9.95. The Balaban J connectivity index is 1.71. The lowest BCUT2D eigenvalue weighted by molar-refractivity contribution is -0.137. The summed E-state index contributed by atoms with van der Waals surface area (Å²) in [5.74, 6) is -2.19. The third kappa shape index (κ3) is 5.54. The average Bonchev–Trinajstić information content (AvgIpc) is 3.49. The molecule has 2 aromatic carbocycles. The van der Waals surface area contributed by atoms with Crippen molar-refractivity contribution in [3.8, 4) is 0 Å². The van der Waals surface area contributed by atoms with E-state index in [9.17, 15) is 32.8 Å². The van der Waals surface area contributed by atoms with Crippen LogP contribution in [0.1, 0.15) is 46.3 Å². The number of Topliss-reactive ketones (excluding diaryl/α,β-unsaturated/α-hetero) is 1. The van der Waals surface area contributed by atoms with Crippen molar-refractivity contribution in [1.29, 1.82) is 0 Å². The molecule has 0 heterocycles. The van der Waals surface area contributed by atoms with Crippen LogP contribution in [-0.4, -0.2) is 34.4 Å². The minimum absolute atomic E-state index is 0.216. The molecule has 5 nitrogen and oxygen atoms in total. The van der Waals surface area contributed by atoms with E-state index in [1.165, 1.54) is 12.1 Å². The van der Waals surface area contributed by atoms with Gasteiger partial charge in [-0.05, 0) is 43.9 Å². The summed E-state index contributed by atoms with van der Waals surface area (Å²) in [5, 5.41) is 21.9. The Morgan fingerprint density at radius 1 is 1.10 bits per heavy atom. The highest BCUT2D eigenvalue weighted by molar-refractivity contribution is 6.43. The number of alkyl halides is 3. The van der Waals surface area contributed by atoms with Gasteiger partial charge in [-0.3, -0.25) is 9.59 Å². The molecule has 1 fully saturated rings. The quantitative estimate of drug-likeness (QED) is 0.558. The van der Waals surface area contributed by atoms with Gasteiger partial charge in [-0.1, -0.05) is 42.0 Å². The predicted octanol–water partition coefficient (Wildman–Crippen LogP) is 3.32. The van der Waals surface area contributed by atoms with Gasteiger partial charge in [0.2, 0.25) is 0 Å². The zero-order valence-electron chi connectivity index (χ0n) is 16.9. The van der Waals surface area contributed by atoms with Gasteiger partial charge in [-0.15, -0.1) is 0 Å². The van der Waals surface area contributed by atoms with E-state index in [0.29, 0.717) is 12.8 Å². The van der Waals surface area contributed by atoms with Gasteiger partial charge in [0.15, 0.2) is 5.78 Å². The number of carbonyl (C=O) groups excluding carboxylic acids is 2. The van der Waals surface area contributed by atoms with Crippen molar-refractivity contribution in [1.82, 2.24) is 5.32 Å². The van der Waals surface area contributed by atoms with Crippen LogP contribution >= 0.6 is 0 Å². The molecule has 0 saturated heterocycles. The molecule has 164 valence electrons. The molecule has 9 heteroatoms. The number of nitrogens with one attached hydrogen (secondary N) is 1. The van der Waals surface area contributed by atoms with E-state index in [1.54, 1.807) is 0 Å². The molecule has 1 saturated carbocycles. The molecule has 3 N–H and O–H groups in total. The molecule has 0 bridgehead atoms. The second-order valence-electron chi connectivity index (χ2n) is 8.07. The lowest BCUT2D eigenvalue weighted by Crippen LogP contribution is -2.44. The van der Waals surface area contributed by atoms with Crippen LogP contribution < -0.4 is 5.32 Å². The van der Waals surface area contributed by atoms with Crippen LogP contribution in [0.15, 0.2) is 48.5 Å². The molecule has 31 heavy (non-hydrogen) atoms. The number of amides is 1. The van der Waals surface area contributed by atoms with Crippen LogP contribution in [0.2, 0.25) is 5.82 Å². The van der Waals surface area contributed by atoms with Gasteiger partial charge in [-0.25, -0.2) is 0 Å². The summed E-state index contributed by atoms with van der Waals surface area (Å²) < 4.78 is 39.6. The molecule has 1 aliphatic carbocycles. The van der Waals surface area contributed by atoms with Gasteiger partial charge < -0.3 is 15.4 Å². The van der Waals surface area contributed by atoms with Crippen LogP contribution in [0.4, 0.5) is 13.2 Å². The summed E-state index contributed by atoms with van der Waals surface area (Å²) in [4.78, 5) is 25.4. The number of hydrogen-bond acceptors (Lipinski definition) is 4. The highest BCUT2D eigenvalue weighted by Crippen LogP contribution is 2.40. The molecule has 0 spiro atoms. The summed E-state index contributed by atoms with van der Waals surface area (Å²) >= 11 is 0. The molecular weight excluding hydrogens is 410 g/mol. The van der Waals surface area contributed by atoms with Crippen molar-refractivity contribution in [3.63, 3.8) is 0 Å². The summed E-state index contributed by atoms with van der Waals surface area (Å²) in [5.41, 5.74) is -1.02. The Hall–Kier alpha value is -2.65. The summed E-state index contributed by atoms with van der Waals surface area (Å²) in [7, 11) is -1.75. The zero-order chi connectivity index (χ0) is 22.8. The first-order valence-electron chi connectivity index (χ1n) is 9.95. The lowest BCUT2D eigenvalue weighted by Gasteiger charge is -2.21. The third-order valence-corrected chi connectivity index (χ3v) is 5.60. The fourth-order valence-electron chi connectivity index (χ4n) is 3.55. The molecule has 1 atom stereocenters. The highest BCUT2D eigenvalue weighted by Gasteiger charge is 2.52. The van der Waals surface area contributed by atoms with Crippen molar-refractivity contribution < 1.29 is 32.8 Å². The van der Waals surface area contributed by atoms with Gasteiger partial charge in [0.25, 0.3) is 5.91 Å². The van der Waals surface area contributed by atoms with Crippen LogP contribution in [0, 0.1) is 6.92 Å². The molecule has 0 aliphatic heterocycles. The average molecular weight is 433 g/mol. The van der Waals surface area contributed by atoms with E-state index < -0.39 is 47.5 Å². The standard InChI is InChI=1S/C22H23BF3NO4/c1-14-6-8-15(9-7-14)12-16(23(30)31)13-19(28)21(10-11-21)27-20(29)17-4-2-3-5-18(17)22(24,25)26/h2-9,16,30-31H,10-13H2,1H3,(H,27,29)/t16-/m1/s1. The normalized spacial score (nSPS) is 15.8. The molecule has 1 aliphatic rings. The minimum Gasteiger partial charge on any atom is -0.427 e. The SMILES string of the molecule is Cc1ccc(C[C@H](CC(=O)C2(NC(=O)c3ccccc3C(F)(F)F)CC2)B(O)O)cc1. The van der Waals surface area contributed by atoms with E-state index >= 15 is 0 Å². The maximum Gasteiger partial charge on any atom is 0.455 e. The van der Waals surface area contributed by atoms with Gasteiger partial charge in [0.05, 0.1) is 16.7 Å². The molecule has 1 amide bonds. The Morgan fingerprint density at radius 2 is 1.71 bits per heavy atom. The fourth-order valence-corrected chi connectivity index (χ4v) is 3.55. The topological polar surface area (TPSA) is 86.6 Å². The Labute approximate surface area is 178 Å². The van der Waals surface area contributed by atoms with E-state index in [4.69, 9.17) is 0 Å². The van der Waals surface area contributed by atoms with Crippen LogP contribution in [0.5, 0.6) is 0 Å². The molecule has 3 rings (SSSR count). The minimum atomic E-state index is -4.70. The zero-order valence-corrected chi connectivity index (χ0v) is 16.9. The highest BCUT2D eigenvalue weighted by atomic mass is 19.4. The van der Waals surface area contributed by atoms with Gasteiger partial charge in [-0.2, -0.15) is 13.2 Å². The molecule has 0 radical (unpaired) electrons. The molecule has 0 aromatic heterocycles. The number of rotatable bonds is 8. The Bertz CT molecular complexity index is 956. The second kappa shape index (κ2) is 8.84. The van der Waals surface area contributed by atoms with Crippen molar-refractivity contribution in [2.24, 2.45) is 0 Å². The first kappa shape index (κ1) is 23.0. The van der Waals surface area contributed by atoms with Crippen LogP contribution in [0.25, 0.3) is 0 Å². The van der Waals surface area contributed by atoms with E-state index in [-0.39, 0.29) is 12.8 Å². The number of hydrogen-bond donors (Lipinski definition) is 3. The van der Waals surface area contributed by atoms with Crippen LogP contribution in [0.3, 0.4) is 0 Å².